The number of para-hydroxylation sites is 1. The normalized spacial score (nSPS) is 29.6. The summed E-state index contributed by atoms with van der Waals surface area (Å²) < 4.78 is 0. The number of hydrogen-bond acceptors (Lipinski definition) is 4. The van der Waals surface area contributed by atoms with Crippen LogP contribution < -0.4 is 5.32 Å². The van der Waals surface area contributed by atoms with Gasteiger partial charge < -0.3 is 10.4 Å². The molecular weight excluding hydrogens is 314 g/mol. The summed E-state index contributed by atoms with van der Waals surface area (Å²) in [5.74, 6) is 0.230. The molecule has 2 aromatic rings. The van der Waals surface area contributed by atoms with E-state index in [4.69, 9.17) is 11.6 Å². The highest BCUT2D eigenvalue weighted by Gasteiger charge is 2.47. The Bertz CT molecular complexity index is 759. The molecule has 2 bridgehead atoms. The molecule has 5 rings (SSSR count). The van der Waals surface area contributed by atoms with Crippen molar-refractivity contribution in [2.45, 2.75) is 31.7 Å². The van der Waals surface area contributed by atoms with Crippen LogP contribution in [0.2, 0.25) is 5.28 Å². The van der Waals surface area contributed by atoms with Gasteiger partial charge in [-0.3, -0.25) is 4.79 Å². The maximum atomic E-state index is 11.8. The predicted molar refractivity (Wildman–Crippen MR) is 88.5 cm³/mol. The van der Waals surface area contributed by atoms with E-state index in [9.17, 15) is 9.90 Å². The summed E-state index contributed by atoms with van der Waals surface area (Å²) in [6.07, 6.45) is 4.21. The van der Waals surface area contributed by atoms with Gasteiger partial charge in [-0.1, -0.05) is 12.1 Å². The average molecular weight is 332 g/mol. The minimum Gasteiger partial charge on any atom is -0.481 e. The van der Waals surface area contributed by atoms with Crippen molar-refractivity contribution < 1.29 is 9.90 Å². The molecule has 2 atom stereocenters. The predicted octanol–water partition coefficient (Wildman–Crippen LogP) is 3.58. The fourth-order valence-corrected chi connectivity index (χ4v) is 4.50. The van der Waals surface area contributed by atoms with Crippen LogP contribution in [-0.4, -0.2) is 27.1 Å². The van der Waals surface area contributed by atoms with E-state index in [2.05, 4.69) is 15.3 Å². The molecule has 5 nitrogen and oxygen atoms in total. The molecule has 0 spiro atoms. The average Bonchev–Trinajstić information content (AvgIpc) is 2.55. The van der Waals surface area contributed by atoms with Gasteiger partial charge in [0, 0.05) is 11.4 Å². The second-order valence-corrected chi connectivity index (χ2v) is 6.91. The molecule has 3 aliphatic rings. The van der Waals surface area contributed by atoms with Gasteiger partial charge in [0.25, 0.3) is 0 Å². The van der Waals surface area contributed by atoms with Crippen LogP contribution in [0.5, 0.6) is 0 Å². The van der Waals surface area contributed by atoms with Crippen LogP contribution in [0.1, 0.15) is 25.7 Å². The molecule has 3 fully saturated rings. The van der Waals surface area contributed by atoms with Gasteiger partial charge in [-0.2, -0.15) is 0 Å². The molecule has 3 saturated carbocycles. The largest absolute Gasteiger partial charge is 0.481 e. The smallest absolute Gasteiger partial charge is 0.308 e. The van der Waals surface area contributed by atoms with Gasteiger partial charge in [-0.15, -0.1) is 0 Å². The second kappa shape index (κ2) is 5.64. The Labute approximate surface area is 139 Å². The van der Waals surface area contributed by atoms with Gasteiger partial charge in [0.05, 0.1) is 11.4 Å². The van der Waals surface area contributed by atoms with Gasteiger partial charge >= 0.3 is 5.97 Å². The van der Waals surface area contributed by atoms with E-state index < -0.39 is 5.97 Å². The fourth-order valence-electron chi connectivity index (χ4n) is 4.33. The van der Waals surface area contributed by atoms with Crippen LogP contribution >= 0.6 is 11.6 Å². The zero-order valence-corrected chi connectivity index (χ0v) is 13.3. The highest BCUT2D eigenvalue weighted by molar-refractivity contribution is 6.28. The molecule has 0 aliphatic heterocycles. The summed E-state index contributed by atoms with van der Waals surface area (Å²) in [7, 11) is 0. The zero-order chi connectivity index (χ0) is 16.0. The number of fused-ring (bicyclic) bond motifs is 4. The lowest BCUT2D eigenvalue weighted by Crippen LogP contribution is -2.51. The maximum Gasteiger partial charge on any atom is 0.308 e. The number of rotatable bonds is 3. The Kier molecular flexibility index (Phi) is 3.60. The first-order chi connectivity index (χ1) is 11.1. The van der Waals surface area contributed by atoms with Gasteiger partial charge in [0.15, 0.2) is 0 Å². The molecule has 1 aromatic carbocycles. The minimum absolute atomic E-state index is 0.0885. The molecule has 0 radical (unpaired) electrons. The van der Waals surface area contributed by atoms with Crippen molar-refractivity contribution in [1.82, 2.24) is 9.97 Å². The molecule has 23 heavy (non-hydrogen) atoms. The molecular formula is C17H18ClN3O2. The first-order valence-electron chi connectivity index (χ1n) is 8.05. The van der Waals surface area contributed by atoms with Crippen molar-refractivity contribution in [2.24, 2.45) is 17.8 Å². The Morgan fingerprint density at radius 3 is 2.57 bits per heavy atom. The Morgan fingerprint density at radius 2 is 1.83 bits per heavy atom. The lowest BCUT2D eigenvalue weighted by molar-refractivity contribution is -0.148. The van der Waals surface area contributed by atoms with Crippen molar-refractivity contribution >= 4 is 34.3 Å². The van der Waals surface area contributed by atoms with Crippen molar-refractivity contribution in [3.05, 3.63) is 29.5 Å². The second-order valence-electron chi connectivity index (χ2n) is 6.57. The third kappa shape index (κ3) is 2.53. The molecule has 1 heterocycles. The van der Waals surface area contributed by atoms with Crippen molar-refractivity contribution in [3.63, 3.8) is 0 Å². The van der Waals surface area contributed by atoms with E-state index >= 15 is 0 Å². The molecule has 1 aromatic heterocycles. The first-order valence-corrected chi connectivity index (χ1v) is 8.43. The first kappa shape index (κ1) is 14.7. The van der Waals surface area contributed by atoms with Gasteiger partial charge in [-0.25, -0.2) is 9.97 Å². The van der Waals surface area contributed by atoms with E-state index in [1.54, 1.807) is 0 Å². The van der Waals surface area contributed by atoms with Gasteiger partial charge in [-0.05, 0) is 61.3 Å². The highest BCUT2D eigenvalue weighted by atomic mass is 35.5. The topological polar surface area (TPSA) is 75.1 Å². The van der Waals surface area contributed by atoms with Crippen LogP contribution in [0.25, 0.3) is 10.9 Å². The van der Waals surface area contributed by atoms with Crippen LogP contribution in [0.3, 0.4) is 0 Å². The number of halogens is 1. The van der Waals surface area contributed by atoms with Crippen molar-refractivity contribution in [1.29, 1.82) is 0 Å². The fraction of sp³-hybridized carbons (Fsp3) is 0.471. The zero-order valence-electron chi connectivity index (χ0n) is 12.6. The van der Waals surface area contributed by atoms with Crippen LogP contribution in [0.15, 0.2) is 24.3 Å². The number of carboxylic acids is 1. The van der Waals surface area contributed by atoms with E-state index in [1.807, 2.05) is 24.3 Å². The lowest BCUT2D eigenvalue weighted by atomic mass is 9.61. The quantitative estimate of drug-likeness (QED) is 0.841. The van der Waals surface area contributed by atoms with Crippen LogP contribution in [0.4, 0.5) is 5.82 Å². The number of anilines is 1. The highest BCUT2D eigenvalue weighted by Crippen LogP contribution is 2.46. The summed E-state index contributed by atoms with van der Waals surface area (Å²) in [5, 5.41) is 14.1. The van der Waals surface area contributed by atoms with E-state index in [1.165, 1.54) is 0 Å². The Hall–Kier alpha value is -1.88. The molecule has 0 amide bonds. The third-order valence-electron chi connectivity index (χ3n) is 5.38. The molecule has 6 heteroatoms. The number of nitrogens with zero attached hydrogens (tertiary/aromatic N) is 2. The number of benzene rings is 1. The van der Waals surface area contributed by atoms with E-state index in [-0.39, 0.29) is 23.2 Å². The van der Waals surface area contributed by atoms with E-state index in [0.29, 0.717) is 11.7 Å². The number of hydrogen-bond donors (Lipinski definition) is 2. The molecule has 2 N–H and O–H groups in total. The van der Waals surface area contributed by atoms with E-state index in [0.717, 1.165) is 36.6 Å². The Balaban J connectivity index is 1.73. The van der Waals surface area contributed by atoms with Gasteiger partial charge in [0.1, 0.15) is 5.82 Å². The number of aliphatic carboxylic acids is 1. The molecule has 3 aliphatic carbocycles. The molecule has 120 valence electrons. The van der Waals surface area contributed by atoms with Crippen LogP contribution in [-0.2, 0) is 4.79 Å². The summed E-state index contributed by atoms with van der Waals surface area (Å²) in [6, 6.07) is 7.56. The third-order valence-corrected chi connectivity index (χ3v) is 5.55. The number of carbonyl (C=O) groups is 1. The summed E-state index contributed by atoms with van der Waals surface area (Å²) in [6.45, 7) is 0. The summed E-state index contributed by atoms with van der Waals surface area (Å²) in [5.41, 5.74) is 0.767. The maximum absolute atomic E-state index is 11.8. The van der Waals surface area contributed by atoms with Gasteiger partial charge in [0.2, 0.25) is 5.28 Å². The van der Waals surface area contributed by atoms with Crippen molar-refractivity contribution in [3.8, 4) is 0 Å². The SMILES string of the molecule is O=C(O)C1C2CCC(CC2)C1Nc1nc(Cl)nc2ccccc12. The Morgan fingerprint density at radius 1 is 1.13 bits per heavy atom. The number of carboxylic acid groups (broad SMARTS) is 1. The molecule has 2 unspecified atom stereocenters. The van der Waals surface area contributed by atoms with Crippen molar-refractivity contribution in [2.75, 3.05) is 5.32 Å². The van der Waals surface area contributed by atoms with Crippen LogP contribution in [0, 0.1) is 17.8 Å². The monoisotopic (exact) mass is 331 g/mol. The minimum atomic E-state index is -0.707. The number of aromatic nitrogens is 2. The lowest BCUT2D eigenvalue weighted by Gasteiger charge is -2.47. The number of nitrogens with one attached hydrogen (secondary N) is 1. The summed E-state index contributed by atoms with van der Waals surface area (Å²) in [4.78, 5) is 20.3. The molecule has 0 saturated heterocycles. The standard InChI is InChI=1S/C17H18ClN3O2/c18-17-19-12-4-2-1-3-11(12)15(21-17)20-14-10-7-5-9(6-8-10)13(14)16(22)23/h1-4,9-10,13-14H,5-8H2,(H,22,23)(H,19,20,21). The summed E-state index contributed by atoms with van der Waals surface area (Å²) >= 11 is 6.04.